The van der Waals surface area contributed by atoms with Crippen molar-refractivity contribution in [1.82, 2.24) is 19.1 Å². The second kappa shape index (κ2) is 10.8. The molecule has 0 saturated carbocycles. The van der Waals surface area contributed by atoms with Crippen molar-refractivity contribution in [3.05, 3.63) is 60.2 Å². The molecule has 0 atom stereocenters. The molecule has 0 spiro atoms. The summed E-state index contributed by atoms with van der Waals surface area (Å²) in [5, 5.41) is 9.64. The molecular formula is C22H28N4O3S2. The second-order valence-corrected chi connectivity index (χ2v) is 10.6. The van der Waals surface area contributed by atoms with Crippen LogP contribution in [-0.2, 0) is 23.0 Å². The van der Waals surface area contributed by atoms with Gasteiger partial charge in [-0.2, -0.15) is 0 Å². The molecule has 2 aromatic carbocycles. The van der Waals surface area contributed by atoms with Crippen LogP contribution in [0.1, 0.15) is 12.0 Å². The second-order valence-electron chi connectivity index (χ2n) is 7.19. The third-order valence-corrected chi connectivity index (χ3v) is 7.84. The van der Waals surface area contributed by atoms with Crippen molar-refractivity contribution in [2.75, 3.05) is 32.7 Å². The molecular weight excluding hydrogens is 432 g/mol. The number of hydrogen-bond donors (Lipinski definition) is 0. The highest BCUT2D eigenvalue weighted by atomic mass is 32.2. The molecule has 0 bridgehead atoms. The van der Waals surface area contributed by atoms with Crippen LogP contribution in [0.3, 0.4) is 0 Å². The van der Waals surface area contributed by atoms with Crippen LogP contribution in [0.2, 0.25) is 0 Å². The van der Waals surface area contributed by atoms with Crippen LogP contribution in [0.4, 0.5) is 0 Å². The molecule has 0 fully saturated rings. The van der Waals surface area contributed by atoms with Gasteiger partial charge in [0.2, 0.25) is 10.0 Å². The SMILES string of the molecule is COc1ccccc1-c1nnc(SCCCS(=O)(=O)N(C)C)n1CCc1ccccc1. The van der Waals surface area contributed by atoms with E-state index in [0.29, 0.717) is 18.7 Å². The first-order valence-electron chi connectivity index (χ1n) is 10.1. The van der Waals surface area contributed by atoms with Crippen LogP contribution < -0.4 is 4.74 Å². The van der Waals surface area contributed by atoms with Crippen LogP contribution in [-0.4, -0.2) is 60.2 Å². The van der Waals surface area contributed by atoms with E-state index < -0.39 is 10.0 Å². The van der Waals surface area contributed by atoms with Gasteiger partial charge in [-0.1, -0.05) is 54.2 Å². The summed E-state index contributed by atoms with van der Waals surface area (Å²) in [6, 6.07) is 18.0. The largest absolute Gasteiger partial charge is 0.496 e. The van der Waals surface area contributed by atoms with Crippen molar-refractivity contribution in [2.24, 2.45) is 0 Å². The van der Waals surface area contributed by atoms with E-state index in [1.807, 2.05) is 42.5 Å². The Hall–Kier alpha value is -2.36. The van der Waals surface area contributed by atoms with Gasteiger partial charge in [-0.25, -0.2) is 12.7 Å². The summed E-state index contributed by atoms with van der Waals surface area (Å²) in [5.74, 6) is 2.24. The van der Waals surface area contributed by atoms with Gasteiger partial charge in [0.1, 0.15) is 5.75 Å². The summed E-state index contributed by atoms with van der Waals surface area (Å²) < 4.78 is 32.9. The van der Waals surface area contributed by atoms with E-state index in [9.17, 15) is 8.42 Å². The maximum absolute atomic E-state index is 12.0. The molecule has 1 heterocycles. The van der Waals surface area contributed by atoms with E-state index in [1.54, 1.807) is 21.2 Å². The predicted molar refractivity (Wildman–Crippen MR) is 125 cm³/mol. The summed E-state index contributed by atoms with van der Waals surface area (Å²) in [6.07, 6.45) is 1.38. The first-order chi connectivity index (χ1) is 14.9. The van der Waals surface area contributed by atoms with Crippen LogP contribution in [0.25, 0.3) is 11.4 Å². The molecule has 0 amide bonds. The molecule has 3 rings (SSSR count). The molecule has 166 valence electrons. The quantitative estimate of drug-likeness (QED) is 0.322. The lowest BCUT2D eigenvalue weighted by molar-refractivity contribution is 0.415. The number of methoxy groups -OCH3 is 1. The number of aromatic nitrogens is 3. The number of hydrogen-bond acceptors (Lipinski definition) is 6. The van der Waals surface area contributed by atoms with Crippen molar-refractivity contribution in [3.8, 4) is 17.1 Å². The molecule has 0 unspecified atom stereocenters. The monoisotopic (exact) mass is 460 g/mol. The van der Waals surface area contributed by atoms with Gasteiger partial charge < -0.3 is 9.30 Å². The minimum absolute atomic E-state index is 0.116. The third kappa shape index (κ3) is 6.09. The Kier molecular flexibility index (Phi) is 8.11. The Morgan fingerprint density at radius 1 is 1.03 bits per heavy atom. The number of ether oxygens (including phenoxy) is 1. The highest BCUT2D eigenvalue weighted by Gasteiger charge is 2.18. The van der Waals surface area contributed by atoms with Gasteiger partial charge >= 0.3 is 0 Å². The topological polar surface area (TPSA) is 77.3 Å². The van der Waals surface area contributed by atoms with Gasteiger partial charge in [0.25, 0.3) is 0 Å². The van der Waals surface area contributed by atoms with E-state index in [0.717, 1.165) is 28.7 Å². The minimum Gasteiger partial charge on any atom is -0.496 e. The fraction of sp³-hybridized carbons (Fsp3) is 0.364. The first kappa shape index (κ1) is 23.3. The van der Waals surface area contributed by atoms with Gasteiger partial charge in [0.15, 0.2) is 11.0 Å². The molecule has 9 heteroatoms. The zero-order valence-corrected chi connectivity index (χ0v) is 19.7. The maximum atomic E-state index is 12.0. The number of benzene rings is 2. The Balaban J connectivity index is 1.80. The van der Waals surface area contributed by atoms with Crippen molar-refractivity contribution in [1.29, 1.82) is 0 Å². The average molecular weight is 461 g/mol. The van der Waals surface area contributed by atoms with Crippen LogP contribution >= 0.6 is 11.8 Å². The first-order valence-corrected chi connectivity index (χ1v) is 12.7. The fourth-order valence-electron chi connectivity index (χ4n) is 3.10. The predicted octanol–water partition coefficient (Wildman–Crippen LogP) is 3.57. The van der Waals surface area contributed by atoms with Crippen LogP contribution in [0, 0.1) is 0 Å². The van der Waals surface area contributed by atoms with Crippen molar-refractivity contribution >= 4 is 21.8 Å². The van der Waals surface area contributed by atoms with E-state index in [2.05, 4.69) is 26.9 Å². The van der Waals surface area contributed by atoms with Gasteiger partial charge in [-0.05, 0) is 30.5 Å². The van der Waals surface area contributed by atoms with E-state index in [4.69, 9.17) is 4.74 Å². The standard InChI is InChI=1S/C22H28N4O3S2/c1-25(2)31(27,28)17-9-16-30-22-24-23-21(19-12-7-8-13-20(19)29-3)26(22)15-14-18-10-5-4-6-11-18/h4-8,10-13H,9,14-17H2,1-3H3. The van der Waals surface area contributed by atoms with Crippen LogP contribution in [0.15, 0.2) is 59.8 Å². The summed E-state index contributed by atoms with van der Waals surface area (Å²) in [6.45, 7) is 0.711. The number of thioether (sulfide) groups is 1. The van der Waals surface area contributed by atoms with E-state index in [-0.39, 0.29) is 5.75 Å². The molecule has 31 heavy (non-hydrogen) atoms. The van der Waals surface area contributed by atoms with Gasteiger partial charge in [-0.3, -0.25) is 0 Å². The number of para-hydroxylation sites is 1. The van der Waals surface area contributed by atoms with Gasteiger partial charge in [0.05, 0.1) is 18.4 Å². The third-order valence-electron chi connectivity index (χ3n) is 4.87. The van der Waals surface area contributed by atoms with Gasteiger partial charge in [0, 0.05) is 26.4 Å². The Labute approximate surface area is 188 Å². The Morgan fingerprint density at radius 3 is 2.45 bits per heavy atom. The lowest BCUT2D eigenvalue weighted by atomic mass is 10.1. The Morgan fingerprint density at radius 2 is 1.74 bits per heavy atom. The molecule has 0 aliphatic carbocycles. The molecule has 7 nitrogen and oxygen atoms in total. The van der Waals surface area contributed by atoms with E-state index >= 15 is 0 Å². The minimum atomic E-state index is -3.20. The van der Waals surface area contributed by atoms with Crippen LogP contribution in [0.5, 0.6) is 5.75 Å². The summed E-state index contributed by atoms with van der Waals surface area (Å²) in [4.78, 5) is 0. The molecule has 3 aromatic rings. The van der Waals surface area contributed by atoms with Crippen molar-refractivity contribution in [2.45, 2.75) is 24.5 Å². The van der Waals surface area contributed by atoms with Crippen molar-refractivity contribution in [3.63, 3.8) is 0 Å². The molecule has 0 aliphatic rings. The lowest BCUT2D eigenvalue weighted by Crippen LogP contribution is -2.25. The van der Waals surface area contributed by atoms with Crippen molar-refractivity contribution < 1.29 is 13.2 Å². The number of rotatable bonds is 11. The zero-order valence-electron chi connectivity index (χ0n) is 18.1. The molecule has 0 N–H and O–H groups in total. The molecule has 0 saturated heterocycles. The number of aryl methyl sites for hydroxylation is 1. The number of nitrogens with zero attached hydrogens (tertiary/aromatic N) is 4. The summed E-state index contributed by atoms with van der Waals surface area (Å²) >= 11 is 1.53. The lowest BCUT2D eigenvalue weighted by Gasteiger charge is -2.13. The molecule has 1 aromatic heterocycles. The molecule has 0 aliphatic heterocycles. The number of sulfonamides is 1. The zero-order chi connectivity index (χ0) is 22.3. The average Bonchev–Trinajstić information content (AvgIpc) is 3.18. The fourth-order valence-corrected chi connectivity index (χ4v) is 5.06. The smallest absolute Gasteiger partial charge is 0.213 e. The maximum Gasteiger partial charge on any atom is 0.213 e. The van der Waals surface area contributed by atoms with E-state index in [1.165, 1.54) is 21.6 Å². The summed E-state index contributed by atoms with van der Waals surface area (Å²) in [5.41, 5.74) is 2.11. The Bertz CT molecular complexity index is 1080. The normalized spacial score (nSPS) is 11.7. The highest BCUT2D eigenvalue weighted by molar-refractivity contribution is 7.99. The summed E-state index contributed by atoms with van der Waals surface area (Å²) in [7, 11) is 1.56. The van der Waals surface area contributed by atoms with Gasteiger partial charge in [-0.15, -0.1) is 10.2 Å². The molecule has 0 radical (unpaired) electrons. The highest BCUT2D eigenvalue weighted by Crippen LogP contribution is 2.31.